The van der Waals surface area contributed by atoms with Crippen molar-refractivity contribution in [3.63, 3.8) is 0 Å². The molecule has 0 spiro atoms. The zero-order chi connectivity index (χ0) is 10.9. The van der Waals surface area contributed by atoms with Crippen LogP contribution in [-0.2, 0) is 4.74 Å². The quantitative estimate of drug-likeness (QED) is 0.656. The second kappa shape index (κ2) is 8.12. The maximum absolute atomic E-state index is 5.57. The van der Waals surface area contributed by atoms with Gasteiger partial charge < -0.3 is 10.1 Å². The molecule has 1 saturated carbocycles. The standard InChI is InChI=1S/C13H27NO/c1-3-10-15-11-9-13(14-2)12-7-5-4-6-8-12/h12-14H,3-11H2,1-2H3. The van der Waals surface area contributed by atoms with Crippen LogP contribution in [0, 0.1) is 5.92 Å². The van der Waals surface area contributed by atoms with Crippen molar-refractivity contribution >= 4 is 0 Å². The van der Waals surface area contributed by atoms with Crippen LogP contribution in [0.4, 0.5) is 0 Å². The molecular weight excluding hydrogens is 186 g/mol. The first kappa shape index (κ1) is 13.0. The number of hydrogen-bond acceptors (Lipinski definition) is 2. The molecule has 1 atom stereocenters. The summed E-state index contributed by atoms with van der Waals surface area (Å²) >= 11 is 0. The summed E-state index contributed by atoms with van der Waals surface area (Å²) in [5.41, 5.74) is 0. The fourth-order valence-corrected chi connectivity index (χ4v) is 2.61. The summed E-state index contributed by atoms with van der Waals surface area (Å²) in [5.74, 6) is 0.897. The molecule has 2 nitrogen and oxygen atoms in total. The molecule has 0 aromatic rings. The highest BCUT2D eigenvalue weighted by atomic mass is 16.5. The van der Waals surface area contributed by atoms with Crippen LogP contribution in [0.5, 0.6) is 0 Å². The van der Waals surface area contributed by atoms with Crippen molar-refractivity contribution < 1.29 is 4.74 Å². The third-order valence-electron chi connectivity index (χ3n) is 3.51. The van der Waals surface area contributed by atoms with E-state index in [2.05, 4.69) is 19.3 Å². The lowest BCUT2D eigenvalue weighted by atomic mass is 9.83. The van der Waals surface area contributed by atoms with E-state index >= 15 is 0 Å². The van der Waals surface area contributed by atoms with Gasteiger partial charge in [-0.25, -0.2) is 0 Å². The molecular formula is C13H27NO. The van der Waals surface area contributed by atoms with E-state index in [0.717, 1.165) is 25.6 Å². The zero-order valence-electron chi connectivity index (χ0n) is 10.4. The van der Waals surface area contributed by atoms with Crippen LogP contribution in [0.1, 0.15) is 51.9 Å². The molecule has 0 radical (unpaired) electrons. The lowest BCUT2D eigenvalue weighted by Gasteiger charge is -2.30. The highest BCUT2D eigenvalue weighted by Gasteiger charge is 2.21. The first-order chi connectivity index (χ1) is 7.38. The summed E-state index contributed by atoms with van der Waals surface area (Å²) in [5, 5.41) is 3.47. The molecule has 0 aromatic heterocycles. The van der Waals surface area contributed by atoms with Crippen LogP contribution in [0.3, 0.4) is 0 Å². The maximum atomic E-state index is 5.57. The van der Waals surface area contributed by atoms with Crippen molar-refractivity contribution in [1.82, 2.24) is 5.32 Å². The zero-order valence-corrected chi connectivity index (χ0v) is 10.4. The number of ether oxygens (including phenoxy) is 1. The molecule has 0 bridgehead atoms. The van der Waals surface area contributed by atoms with Gasteiger partial charge in [-0.1, -0.05) is 26.2 Å². The third-order valence-corrected chi connectivity index (χ3v) is 3.51. The van der Waals surface area contributed by atoms with Crippen molar-refractivity contribution in [2.24, 2.45) is 5.92 Å². The van der Waals surface area contributed by atoms with Gasteiger partial charge in [0.15, 0.2) is 0 Å². The van der Waals surface area contributed by atoms with Gasteiger partial charge in [0.2, 0.25) is 0 Å². The lowest BCUT2D eigenvalue weighted by Crippen LogP contribution is -2.35. The number of rotatable bonds is 7. The summed E-state index contributed by atoms with van der Waals surface area (Å²) in [4.78, 5) is 0. The van der Waals surface area contributed by atoms with Gasteiger partial charge in [0.05, 0.1) is 0 Å². The topological polar surface area (TPSA) is 21.3 Å². The Balaban J connectivity index is 2.15. The van der Waals surface area contributed by atoms with E-state index in [1.165, 1.54) is 38.5 Å². The van der Waals surface area contributed by atoms with Gasteiger partial charge in [-0.15, -0.1) is 0 Å². The van der Waals surface area contributed by atoms with Gasteiger partial charge in [-0.2, -0.15) is 0 Å². The average Bonchev–Trinajstić information content (AvgIpc) is 2.30. The molecule has 1 N–H and O–H groups in total. The molecule has 15 heavy (non-hydrogen) atoms. The SMILES string of the molecule is CCCOCCC(NC)C1CCCCC1. The molecule has 0 saturated heterocycles. The molecule has 1 rings (SSSR count). The highest BCUT2D eigenvalue weighted by Crippen LogP contribution is 2.27. The van der Waals surface area contributed by atoms with E-state index in [4.69, 9.17) is 4.74 Å². The maximum Gasteiger partial charge on any atom is 0.0480 e. The monoisotopic (exact) mass is 213 g/mol. The van der Waals surface area contributed by atoms with Gasteiger partial charge in [-0.05, 0) is 38.6 Å². The lowest BCUT2D eigenvalue weighted by molar-refractivity contribution is 0.114. The number of nitrogens with one attached hydrogen (secondary N) is 1. The van der Waals surface area contributed by atoms with Crippen LogP contribution in [0.25, 0.3) is 0 Å². The summed E-state index contributed by atoms with van der Waals surface area (Å²) in [6.45, 7) is 4.01. The Labute approximate surface area is 94.8 Å². The second-order valence-electron chi connectivity index (χ2n) is 4.69. The minimum atomic E-state index is 0.683. The van der Waals surface area contributed by atoms with Crippen LogP contribution < -0.4 is 5.32 Å². The average molecular weight is 213 g/mol. The number of hydrogen-bond donors (Lipinski definition) is 1. The third kappa shape index (κ3) is 4.98. The van der Waals surface area contributed by atoms with Crippen LogP contribution in [-0.4, -0.2) is 26.3 Å². The molecule has 2 heteroatoms. The fourth-order valence-electron chi connectivity index (χ4n) is 2.61. The van der Waals surface area contributed by atoms with Crippen molar-refractivity contribution in [2.75, 3.05) is 20.3 Å². The van der Waals surface area contributed by atoms with Gasteiger partial charge >= 0.3 is 0 Å². The predicted octanol–water partition coefficient (Wildman–Crippen LogP) is 2.97. The Bertz CT molecular complexity index is 143. The first-order valence-electron chi connectivity index (χ1n) is 6.63. The summed E-state index contributed by atoms with van der Waals surface area (Å²) < 4.78 is 5.57. The van der Waals surface area contributed by atoms with Crippen molar-refractivity contribution in [3.8, 4) is 0 Å². The summed E-state index contributed by atoms with van der Waals surface area (Å²) in [6, 6.07) is 0.683. The molecule has 1 aliphatic carbocycles. The van der Waals surface area contributed by atoms with Crippen molar-refractivity contribution in [2.45, 2.75) is 57.9 Å². The summed E-state index contributed by atoms with van der Waals surface area (Å²) in [7, 11) is 2.10. The largest absolute Gasteiger partial charge is 0.381 e. The first-order valence-corrected chi connectivity index (χ1v) is 6.63. The van der Waals surface area contributed by atoms with Crippen LogP contribution in [0.2, 0.25) is 0 Å². The van der Waals surface area contributed by atoms with Gasteiger partial charge in [0, 0.05) is 19.3 Å². The van der Waals surface area contributed by atoms with E-state index in [9.17, 15) is 0 Å². The smallest absolute Gasteiger partial charge is 0.0480 e. The Kier molecular flexibility index (Phi) is 7.03. The van der Waals surface area contributed by atoms with E-state index in [0.29, 0.717) is 6.04 Å². The molecule has 1 unspecified atom stereocenters. The predicted molar refractivity (Wildman–Crippen MR) is 65.1 cm³/mol. The molecule has 1 fully saturated rings. The van der Waals surface area contributed by atoms with Crippen LogP contribution in [0.15, 0.2) is 0 Å². The highest BCUT2D eigenvalue weighted by molar-refractivity contribution is 4.78. The molecule has 1 aliphatic rings. The minimum absolute atomic E-state index is 0.683. The molecule has 0 heterocycles. The molecule has 90 valence electrons. The second-order valence-corrected chi connectivity index (χ2v) is 4.69. The Hall–Kier alpha value is -0.0800. The molecule has 0 amide bonds. The van der Waals surface area contributed by atoms with E-state index < -0.39 is 0 Å². The molecule has 0 aliphatic heterocycles. The summed E-state index contributed by atoms with van der Waals surface area (Å²) in [6.07, 6.45) is 9.45. The van der Waals surface area contributed by atoms with E-state index in [1.807, 2.05) is 0 Å². The Morgan fingerprint density at radius 3 is 2.53 bits per heavy atom. The fraction of sp³-hybridized carbons (Fsp3) is 1.00. The van der Waals surface area contributed by atoms with Crippen molar-refractivity contribution in [1.29, 1.82) is 0 Å². The van der Waals surface area contributed by atoms with Gasteiger partial charge in [0.1, 0.15) is 0 Å². The molecule has 0 aromatic carbocycles. The van der Waals surface area contributed by atoms with Crippen LogP contribution >= 0.6 is 0 Å². The van der Waals surface area contributed by atoms with E-state index in [1.54, 1.807) is 0 Å². The van der Waals surface area contributed by atoms with E-state index in [-0.39, 0.29) is 0 Å². The van der Waals surface area contributed by atoms with Crippen molar-refractivity contribution in [3.05, 3.63) is 0 Å². The Morgan fingerprint density at radius 1 is 1.20 bits per heavy atom. The Morgan fingerprint density at radius 2 is 1.93 bits per heavy atom. The van der Waals surface area contributed by atoms with Gasteiger partial charge in [-0.3, -0.25) is 0 Å². The normalized spacial score (nSPS) is 20.4. The van der Waals surface area contributed by atoms with Gasteiger partial charge in [0.25, 0.3) is 0 Å². The minimum Gasteiger partial charge on any atom is -0.381 e.